The second kappa shape index (κ2) is 5.48. The average molecular weight is 193 g/mol. The molecule has 0 aliphatic heterocycles. The molecule has 0 atom stereocenters. The minimum Gasteiger partial charge on any atom is -0.299 e. The molecule has 0 spiro atoms. The quantitative estimate of drug-likeness (QED) is 0.321. The summed E-state index contributed by atoms with van der Waals surface area (Å²) in [4.78, 5) is 2.67. The van der Waals surface area contributed by atoms with Gasteiger partial charge in [0.15, 0.2) is 0 Å². The Morgan fingerprint density at radius 3 is 2.71 bits per heavy atom. The van der Waals surface area contributed by atoms with Crippen LogP contribution in [0.1, 0.15) is 32.1 Å². The van der Waals surface area contributed by atoms with E-state index in [1.165, 1.54) is 6.42 Å². The molecule has 0 aromatic rings. The van der Waals surface area contributed by atoms with Crippen LogP contribution in [-0.2, 0) is 0 Å². The summed E-state index contributed by atoms with van der Waals surface area (Å²) in [7, 11) is 0. The smallest absolute Gasteiger partial charge is 0.106 e. The van der Waals surface area contributed by atoms with Crippen LogP contribution in [0.2, 0.25) is 0 Å². The van der Waals surface area contributed by atoms with Gasteiger partial charge in [-0.15, -0.1) is 0 Å². The standard InChI is InChI=1S/C9H15N5/c10-8-9(4-2-1-3-5-9)12-6-7-13-14-11/h12H,1-7H2. The van der Waals surface area contributed by atoms with Crippen molar-refractivity contribution >= 4 is 0 Å². The summed E-state index contributed by atoms with van der Waals surface area (Å²) in [6, 6.07) is 2.35. The van der Waals surface area contributed by atoms with Crippen LogP contribution in [-0.4, -0.2) is 18.6 Å². The molecule has 1 fully saturated rings. The number of hydrogen-bond acceptors (Lipinski definition) is 3. The van der Waals surface area contributed by atoms with Crippen LogP contribution in [0.3, 0.4) is 0 Å². The van der Waals surface area contributed by atoms with E-state index in [1.807, 2.05) is 0 Å². The second-order valence-electron chi connectivity index (χ2n) is 3.64. The summed E-state index contributed by atoms with van der Waals surface area (Å²) < 4.78 is 0. The Balaban J connectivity index is 2.37. The van der Waals surface area contributed by atoms with Crippen LogP contribution in [0.5, 0.6) is 0 Å². The number of rotatable bonds is 4. The highest BCUT2D eigenvalue weighted by atomic mass is 15.1. The molecule has 0 aromatic carbocycles. The number of hydrogen-bond donors (Lipinski definition) is 1. The predicted molar refractivity (Wildman–Crippen MR) is 53.4 cm³/mol. The first-order chi connectivity index (χ1) is 6.83. The molecule has 0 bridgehead atoms. The monoisotopic (exact) mass is 193 g/mol. The highest BCUT2D eigenvalue weighted by molar-refractivity contribution is 5.08. The van der Waals surface area contributed by atoms with Gasteiger partial charge in [0.1, 0.15) is 5.54 Å². The molecule has 5 heteroatoms. The van der Waals surface area contributed by atoms with Gasteiger partial charge in [-0.3, -0.25) is 5.32 Å². The van der Waals surface area contributed by atoms with Crippen molar-refractivity contribution in [2.24, 2.45) is 5.11 Å². The van der Waals surface area contributed by atoms with Gasteiger partial charge < -0.3 is 0 Å². The Labute approximate surface area is 83.7 Å². The van der Waals surface area contributed by atoms with E-state index >= 15 is 0 Å². The number of nitriles is 1. The fourth-order valence-corrected chi connectivity index (χ4v) is 1.87. The highest BCUT2D eigenvalue weighted by Crippen LogP contribution is 2.27. The van der Waals surface area contributed by atoms with Crippen LogP contribution in [0.25, 0.3) is 10.4 Å². The summed E-state index contributed by atoms with van der Waals surface area (Å²) in [5.41, 5.74) is 7.73. The zero-order chi connectivity index (χ0) is 10.3. The molecule has 0 aromatic heterocycles. The Bertz CT molecular complexity index is 255. The molecular weight excluding hydrogens is 178 g/mol. The van der Waals surface area contributed by atoms with Crippen molar-refractivity contribution in [3.05, 3.63) is 10.4 Å². The molecule has 1 aliphatic rings. The van der Waals surface area contributed by atoms with Gasteiger partial charge in [0.05, 0.1) is 6.07 Å². The summed E-state index contributed by atoms with van der Waals surface area (Å²) >= 11 is 0. The predicted octanol–water partition coefficient (Wildman–Crippen LogP) is 2.11. The lowest BCUT2D eigenvalue weighted by atomic mass is 9.83. The molecule has 0 radical (unpaired) electrons. The van der Waals surface area contributed by atoms with Crippen LogP contribution >= 0.6 is 0 Å². The third-order valence-electron chi connectivity index (χ3n) is 2.66. The number of nitrogens with one attached hydrogen (secondary N) is 1. The fourth-order valence-electron chi connectivity index (χ4n) is 1.87. The van der Waals surface area contributed by atoms with E-state index in [4.69, 9.17) is 10.8 Å². The second-order valence-corrected chi connectivity index (χ2v) is 3.64. The molecule has 1 rings (SSSR count). The molecule has 0 unspecified atom stereocenters. The number of azide groups is 1. The Kier molecular flexibility index (Phi) is 4.24. The van der Waals surface area contributed by atoms with E-state index < -0.39 is 0 Å². The van der Waals surface area contributed by atoms with Gasteiger partial charge in [0, 0.05) is 18.0 Å². The Morgan fingerprint density at radius 2 is 2.14 bits per heavy atom. The third kappa shape index (κ3) is 2.91. The lowest BCUT2D eigenvalue weighted by molar-refractivity contribution is 0.301. The topological polar surface area (TPSA) is 84.6 Å². The highest BCUT2D eigenvalue weighted by Gasteiger charge is 2.30. The summed E-state index contributed by atoms with van der Waals surface area (Å²) in [5.74, 6) is 0. The van der Waals surface area contributed by atoms with E-state index in [0.717, 1.165) is 25.7 Å². The first-order valence-corrected chi connectivity index (χ1v) is 5.00. The van der Waals surface area contributed by atoms with Crippen molar-refractivity contribution in [2.75, 3.05) is 13.1 Å². The molecule has 1 aliphatic carbocycles. The van der Waals surface area contributed by atoms with Crippen LogP contribution in [0.15, 0.2) is 5.11 Å². The van der Waals surface area contributed by atoms with Crippen LogP contribution in [0, 0.1) is 11.3 Å². The molecule has 5 nitrogen and oxygen atoms in total. The van der Waals surface area contributed by atoms with Gasteiger partial charge >= 0.3 is 0 Å². The van der Waals surface area contributed by atoms with Crippen LogP contribution in [0.4, 0.5) is 0 Å². The van der Waals surface area contributed by atoms with Crippen molar-refractivity contribution in [1.29, 1.82) is 5.26 Å². The van der Waals surface area contributed by atoms with Gasteiger partial charge in [-0.25, -0.2) is 0 Å². The maximum Gasteiger partial charge on any atom is 0.106 e. The van der Waals surface area contributed by atoms with Crippen LogP contribution < -0.4 is 5.32 Å². The van der Waals surface area contributed by atoms with Gasteiger partial charge in [-0.05, 0) is 18.4 Å². The van der Waals surface area contributed by atoms with E-state index in [1.54, 1.807) is 0 Å². The van der Waals surface area contributed by atoms with E-state index in [-0.39, 0.29) is 5.54 Å². The van der Waals surface area contributed by atoms with Gasteiger partial charge in [0.2, 0.25) is 0 Å². The first kappa shape index (κ1) is 10.8. The Hall–Kier alpha value is -1.24. The molecule has 1 N–H and O–H groups in total. The summed E-state index contributed by atoms with van der Waals surface area (Å²) in [6.45, 7) is 1.01. The lowest BCUT2D eigenvalue weighted by Crippen LogP contribution is -2.46. The molecular formula is C9H15N5. The van der Waals surface area contributed by atoms with Gasteiger partial charge in [-0.2, -0.15) is 5.26 Å². The minimum atomic E-state index is -0.358. The molecule has 76 valence electrons. The summed E-state index contributed by atoms with van der Waals surface area (Å²) in [6.07, 6.45) is 5.28. The molecule has 14 heavy (non-hydrogen) atoms. The Morgan fingerprint density at radius 1 is 1.43 bits per heavy atom. The largest absolute Gasteiger partial charge is 0.299 e. The first-order valence-electron chi connectivity index (χ1n) is 5.00. The van der Waals surface area contributed by atoms with E-state index in [0.29, 0.717) is 13.1 Å². The molecule has 1 saturated carbocycles. The van der Waals surface area contributed by atoms with Crippen molar-refractivity contribution in [3.63, 3.8) is 0 Å². The summed E-state index contributed by atoms with van der Waals surface area (Å²) in [5, 5.41) is 15.7. The average Bonchev–Trinajstić information content (AvgIpc) is 2.26. The normalized spacial score (nSPS) is 19.4. The van der Waals surface area contributed by atoms with Crippen molar-refractivity contribution in [2.45, 2.75) is 37.6 Å². The molecule has 0 amide bonds. The zero-order valence-electron chi connectivity index (χ0n) is 8.24. The maximum atomic E-state index is 9.08. The van der Waals surface area contributed by atoms with Crippen molar-refractivity contribution in [1.82, 2.24) is 5.32 Å². The SMILES string of the molecule is N#CC1(NCCN=[N+]=[N-])CCCCC1. The third-order valence-corrected chi connectivity index (χ3v) is 2.66. The van der Waals surface area contributed by atoms with Gasteiger partial charge in [-0.1, -0.05) is 24.4 Å². The maximum absolute atomic E-state index is 9.08. The van der Waals surface area contributed by atoms with E-state index in [2.05, 4.69) is 21.4 Å². The minimum absolute atomic E-state index is 0.358. The van der Waals surface area contributed by atoms with Gasteiger partial charge in [0.25, 0.3) is 0 Å². The lowest BCUT2D eigenvalue weighted by Gasteiger charge is -2.31. The fraction of sp³-hybridized carbons (Fsp3) is 0.889. The zero-order valence-corrected chi connectivity index (χ0v) is 8.24. The molecule has 0 heterocycles. The van der Waals surface area contributed by atoms with Crippen molar-refractivity contribution in [3.8, 4) is 6.07 Å². The number of nitrogens with zero attached hydrogens (tertiary/aromatic N) is 4. The van der Waals surface area contributed by atoms with Crippen molar-refractivity contribution < 1.29 is 0 Å². The molecule has 0 saturated heterocycles. The van der Waals surface area contributed by atoms with E-state index in [9.17, 15) is 0 Å².